The van der Waals surface area contributed by atoms with Gasteiger partial charge in [-0.15, -0.1) is 0 Å². The van der Waals surface area contributed by atoms with Crippen molar-refractivity contribution in [2.45, 2.75) is 39.3 Å². The number of phenolic OH excluding ortho intramolecular Hbond substituents is 1. The van der Waals surface area contributed by atoms with E-state index < -0.39 is 17.5 Å². The summed E-state index contributed by atoms with van der Waals surface area (Å²) in [5, 5.41) is 10.8. The summed E-state index contributed by atoms with van der Waals surface area (Å²) in [4.78, 5) is 28.7. The van der Waals surface area contributed by atoms with E-state index in [4.69, 9.17) is 15.2 Å². The van der Waals surface area contributed by atoms with Crippen LogP contribution in [-0.4, -0.2) is 40.3 Å². The van der Waals surface area contributed by atoms with Gasteiger partial charge in [-0.25, -0.2) is 9.18 Å². The number of benzene rings is 2. The van der Waals surface area contributed by atoms with Crippen molar-refractivity contribution in [2.24, 2.45) is 0 Å². The van der Waals surface area contributed by atoms with Gasteiger partial charge in [0.1, 0.15) is 22.9 Å². The van der Waals surface area contributed by atoms with Crippen molar-refractivity contribution in [1.82, 2.24) is 9.88 Å². The molecule has 0 spiro atoms. The molecule has 0 atom stereocenters. The Hall–Kier alpha value is -3.75. The van der Waals surface area contributed by atoms with Crippen molar-refractivity contribution in [3.05, 3.63) is 63.7 Å². The van der Waals surface area contributed by atoms with Gasteiger partial charge in [-0.1, -0.05) is 6.07 Å². The van der Waals surface area contributed by atoms with E-state index in [1.807, 2.05) is 0 Å². The molecule has 4 N–H and O–H groups in total. The number of hydrogen-bond donors (Lipinski definition) is 3. The fourth-order valence-electron chi connectivity index (χ4n) is 3.46. The summed E-state index contributed by atoms with van der Waals surface area (Å²) in [5.41, 5.74) is 6.11. The number of aromatic amines is 1. The van der Waals surface area contributed by atoms with E-state index in [1.54, 1.807) is 32.9 Å². The zero-order chi connectivity index (χ0) is 24.3. The van der Waals surface area contributed by atoms with Crippen molar-refractivity contribution in [2.75, 3.05) is 19.4 Å². The maximum Gasteiger partial charge on any atom is 0.410 e. The van der Waals surface area contributed by atoms with E-state index in [2.05, 4.69) is 4.98 Å². The van der Waals surface area contributed by atoms with Crippen LogP contribution in [-0.2, 0) is 17.7 Å². The Labute approximate surface area is 190 Å². The molecule has 2 aromatic carbocycles. The van der Waals surface area contributed by atoms with Crippen LogP contribution >= 0.6 is 0 Å². The smallest absolute Gasteiger partial charge is 0.410 e. The van der Waals surface area contributed by atoms with Crippen molar-refractivity contribution in [3.8, 4) is 11.5 Å². The maximum absolute atomic E-state index is 14.1. The molecule has 0 aliphatic carbocycles. The minimum absolute atomic E-state index is 0.0299. The Morgan fingerprint density at radius 2 is 1.91 bits per heavy atom. The summed E-state index contributed by atoms with van der Waals surface area (Å²) < 4.78 is 25.0. The average Bonchev–Trinajstić information content (AvgIpc) is 2.73. The van der Waals surface area contributed by atoms with Gasteiger partial charge in [-0.05, 0) is 51.0 Å². The number of fused-ring (bicyclic) bond motifs is 1. The van der Waals surface area contributed by atoms with Gasteiger partial charge in [0.25, 0.3) is 0 Å². The first-order valence-corrected chi connectivity index (χ1v) is 10.4. The van der Waals surface area contributed by atoms with Crippen LogP contribution in [0.5, 0.6) is 11.5 Å². The van der Waals surface area contributed by atoms with Crippen LogP contribution in [0.25, 0.3) is 10.9 Å². The summed E-state index contributed by atoms with van der Waals surface area (Å²) in [7, 11) is 1.44. The van der Waals surface area contributed by atoms with Crippen LogP contribution in [0.3, 0.4) is 0 Å². The first-order chi connectivity index (χ1) is 15.5. The molecule has 0 aliphatic heterocycles. The van der Waals surface area contributed by atoms with Gasteiger partial charge in [-0.3, -0.25) is 4.79 Å². The van der Waals surface area contributed by atoms with Crippen LogP contribution in [0, 0.1) is 5.82 Å². The molecular weight excluding hydrogens is 429 g/mol. The van der Waals surface area contributed by atoms with Gasteiger partial charge in [0.15, 0.2) is 0 Å². The van der Waals surface area contributed by atoms with Crippen LogP contribution in [0.1, 0.15) is 31.9 Å². The van der Waals surface area contributed by atoms with Gasteiger partial charge >= 0.3 is 6.09 Å². The molecular formula is C24H28FN3O5. The number of carbonyl (C=O) groups excluding carboxylic acids is 1. The highest BCUT2D eigenvalue weighted by atomic mass is 19.1. The normalized spacial score (nSPS) is 11.4. The third-order valence-electron chi connectivity index (χ3n) is 5.03. The Morgan fingerprint density at radius 1 is 1.18 bits per heavy atom. The number of aromatic nitrogens is 1. The number of phenols is 1. The number of ether oxygens (including phenoxy) is 2. The molecule has 0 saturated carbocycles. The molecule has 1 amide bonds. The monoisotopic (exact) mass is 457 g/mol. The van der Waals surface area contributed by atoms with Gasteiger partial charge in [0.2, 0.25) is 5.56 Å². The lowest BCUT2D eigenvalue weighted by molar-refractivity contribution is 0.0234. The fraction of sp³-hybridized carbons (Fsp3) is 0.333. The van der Waals surface area contributed by atoms with E-state index in [0.717, 1.165) is 5.56 Å². The molecule has 176 valence electrons. The predicted octanol–water partition coefficient (Wildman–Crippen LogP) is 3.94. The number of methoxy groups -OCH3 is 1. The Kier molecular flexibility index (Phi) is 6.81. The molecule has 0 fully saturated rings. The van der Waals surface area contributed by atoms with Crippen LogP contribution in [0.4, 0.5) is 14.9 Å². The number of anilines is 1. The number of H-pyrrole nitrogens is 1. The molecule has 0 radical (unpaired) electrons. The zero-order valence-corrected chi connectivity index (χ0v) is 19.1. The summed E-state index contributed by atoms with van der Waals surface area (Å²) in [6, 6.07) is 8.84. The minimum Gasteiger partial charge on any atom is -0.506 e. The van der Waals surface area contributed by atoms with Crippen molar-refractivity contribution >= 4 is 22.7 Å². The van der Waals surface area contributed by atoms with Crippen molar-refractivity contribution < 1.29 is 23.8 Å². The highest BCUT2D eigenvalue weighted by Gasteiger charge is 2.24. The number of rotatable bonds is 6. The van der Waals surface area contributed by atoms with Gasteiger partial charge in [-0.2, -0.15) is 0 Å². The lowest BCUT2D eigenvalue weighted by Crippen LogP contribution is -2.37. The maximum atomic E-state index is 14.1. The summed E-state index contributed by atoms with van der Waals surface area (Å²) in [6.07, 6.45) is -0.180. The Morgan fingerprint density at radius 3 is 2.58 bits per heavy atom. The molecule has 9 heteroatoms. The SMILES string of the molecule is COc1cc(N)c(F)cc1CN(CCc1ccc(O)c2[nH]c(=O)ccc12)C(=O)OC(C)(C)C. The molecule has 0 saturated heterocycles. The first kappa shape index (κ1) is 23.9. The Balaban J connectivity index is 1.92. The van der Waals surface area contributed by atoms with E-state index in [1.165, 1.54) is 36.3 Å². The highest BCUT2D eigenvalue weighted by Crippen LogP contribution is 2.28. The number of carbonyl (C=O) groups is 1. The van der Waals surface area contributed by atoms with Gasteiger partial charge in [0.05, 0.1) is 24.9 Å². The molecule has 33 heavy (non-hydrogen) atoms. The van der Waals surface area contributed by atoms with Gasteiger partial charge in [0, 0.05) is 29.6 Å². The van der Waals surface area contributed by atoms with Crippen molar-refractivity contribution in [3.63, 3.8) is 0 Å². The third kappa shape index (κ3) is 5.74. The number of hydrogen-bond acceptors (Lipinski definition) is 6. The minimum atomic E-state index is -0.726. The molecule has 3 rings (SSSR count). The molecule has 1 aromatic heterocycles. The van der Waals surface area contributed by atoms with E-state index in [9.17, 15) is 19.1 Å². The summed E-state index contributed by atoms with van der Waals surface area (Å²) in [5.74, 6) is -0.295. The number of nitrogen functional groups attached to an aromatic ring is 1. The fourth-order valence-corrected chi connectivity index (χ4v) is 3.46. The van der Waals surface area contributed by atoms with Crippen molar-refractivity contribution in [1.29, 1.82) is 0 Å². The number of nitrogens with two attached hydrogens (primary N) is 1. The number of amides is 1. The lowest BCUT2D eigenvalue weighted by atomic mass is 10.0. The number of pyridine rings is 1. The van der Waals surface area contributed by atoms with E-state index in [-0.39, 0.29) is 30.1 Å². The zero-order valence-electron chi connectivity index (χ0n) is 19.1. The number of nitrogens with zero attached hydrogens (tertiary/aromatic N) is 1. The van der Waals surface area contributed by atoms with E-state index >= 15 is 0 Å². The largest absolute Gasteiger partial charge is 0.506 e. The molecule has 8 nitrogen and oxygen atoms in total. The average molecular weight is 458 g/mol. The second kappa shape index (κ2) is 9.40. The third-order valence-corrected chi connectivity index (χ3v) is 5.03. The van der Waals surface area contributed by atoms with E-state index in [0.29, 0.717) is 28.6 Å². The molecule has 0 bridgehead atoms. The molecule has 0 unspecified atom stereocenters. The molecule has 1 heterocycles. The Bertz CT molecular complexity index is 1230. The second-order valence-corrected chi connectivity index (χ2v) is 8.69. The number of nitrogens with one attached hydrogen (secondary N) is 1. The topological polar surface area (TPSA) is 118 Å². The highest BCUT2D eigenvalue weighted by molar-refractivity contribution is 5.87. The predicted molar refractivity (Wildman–Crippen MR) is 124 cm³/mol. The molecule has 0 aliphatic rings. The van der Waals surface area contributed by atoms with Crippen LogP contribution in [0.2, 0.25) is 0 Å². The number of halogens is 1. The van der Waals surface area contributed by atoms with Crippen LogP contribution in [0.15, 0.2) is 41.2 Å². The second-order valence-electron chi connectivity index (χ2n) is 8.69. The summed E-state index contributed by atoms with van der Waals surface area (Å²) in [6.45, 7) is 5.54. The van der Waals surface area contributed by atoms with Crippen LogP contribution < -0.4 is 16.0 Å². The lowest BCUT2D eigenvalue weighted by Gasteiger charge is -2.28. The number of aromatic hydroxyl groups is 1. The first-order valence-electron chi connectivity index (χ1n) is 10.4. The standard InChI is InChI=1S/C24H28FN3O5/c1-24(2,3)33-23(31)28(13-15-11-17(25)18(26)12-20(15)32-4)10-9-14-5-7-19(29)22-16(14)6-8-21(30)27-22/h5-8,11-12,29H,9-10,13,26H2,1-4H3,(H,27,30). The quantitative estimate of drug-likeness (QED) is 0.483. The van der Waals surface area contributed by atoms with Gasteiger partial charge < -0.3 is 30.2 Å². The summed E-state index contributed by atoms with van der Waals surface area (Å²) >= 11 is 0. The molecule has 3 aromatic rings.